The molecule has 0 aromatic rings. The SMILES string of the molecule is CCCCO[Si](CCCCCl)OCCCC. The van der Waals surface area contributed by atoms with Crippen molar-refractivity contribution in [3.8, 4) is 0 Å². The van der Waals surface area contributed by atoms with Crippen LogP contribution in [0.15, 0.2) is 0 Å². The van der Waals surface area contributed by atoms with Crippen LogP contribution in [0.25, 0.3) is 0 Å². The second-order valence-electron chi connectivity index (χ2n) is 3.92. The Kier molecular flexibility index (Phi) is 13.9. The molecule has 0 heterocycles. The summed E-state index contributed by atoms with van der Waals surface area (Å²) in [5, 5.41) is 0. The van der Waals surface area contributed by atoms with Crippen LogP contribution in [-0.4, -0.2) is 28.4 Å². The lowest BCUT2D eigenvalue weighted by molar-refractivity contribution is 0.191. The van der Waals surface area contributed by atoms with E-state index < -0.39 is 9.28 Å². The van der Waals surface area contributed by atoms with E-state index in [1.54, 1.807) is 0 Å². The topological polar surface area (TPSA) is 18.5 Å². The fourth-order valence-corrected chi connectivity index (χ4v) is 3.05. The maximum atomic E-state index is 5.81. The molecule has 4 heteroatoms. The monoisotopic (exact) mass is 265 g/mol. The first-order chi connectivity index (χ1) is 7.85. The molecule has 16 heavy (non-hydrogen) atoms. The Balaban J connectivity index is 3.58. The molecule has 0 unspecified atom stereocenters. The van der Waals surface area contributed by atoms with Crippen LogP contribution in [0.2, 0.25) is 6.04 Å². The lowest BCUT2D eigenvalue weighted by atomic mass is 10.4. The summed E-state index contributed by atoms with van der Waals surface area (Å²) < 4.78 is 11.6. The molecule has 0 aliphatic heterocycles. The minimum atomic E-state index is -1.02. The summed E-state index contributed by atoms with van der Waals surface area (Å²) in [7, 11) is -1.02. The van der Waals surface area contributed by atoms with Gasteiger partial charge >= 0.3 is 9.28 Å². The van der Waals surface area contributed by atoms with Crippen molar-refractivity contribution < 1.29 is 8.85 Å². The van der Waals surface area contributed by atoms with Gasteiger partial charge in [0.2, 0.25) is 0 Å². The van der Waals surface area contributed by atoms with Gasteiger partial charge in [-0.05, 0) is 25.3 Å². The van der Waals surface area contributed by atoms with Crippen LogP contribution < -0.4 is 0 Å². The first-order valence-electron chi connectivity index (χ1n) is 6.52. The van der Waals surface area contributed by atoms with Crippen LogP contribution in [0.5, 0.6) is 0 Å². The molecule has 0 aliphatic carbocycles. The highest BCUT2D eigenvalue weighted by Crippen LogP contribution is 2.07. The second-order valence-corrected chi connectivity index (χ2v) is 6.12. The zero-order valence-corrected chi connectivity index (χ0v) is 12.5. The molecule has 0 aromatic heterocycles. The molecule has 97 valence electrons. The molecule has 0 bridgehead atoms. The van der Waals surface area contributed by atoms with Gasteiger partial charge in [0.25, 0.3) is 0 Å². The number of hydrogen-bond donors (Lipinski definition) is 0. The molecule has 0 amide bonds. The minimum absolute atomic E-state index is 0.749. The smallest absolute Gasteiger partial charge is 0.384 e. The lowest BCUT2D eigenvalue weighted by Gasteiger charge is -2.14. The van der Waals surface area contributed by atoms with Crippen LogP contribution in [0, 0.1) is 0 Å². The minimum Gasteiger partial charge on any atom is -0.393 e. The van der Waals surface area contributed by atoms with Crippen molar-refractivity contribution in [2.24, 2.45) is 0 Å². The van der Waals surface area contributed by atoms with Gasteiger partial charge in [0, 0.05) is 19.1 Å². The average molecular weight is 266 g/mol. The normalized spacial score (nSPS) is 11.2. The molecule has 0 aliphatic rings. The molecule has 0 saturated carbocycles. The van der Waals surface area contributed by atoms with Crippen molar-refractivity contribution in [1.29, 1.82) is 0 Å². The predicted molar refractivity (Wildman–Crippen MR) is 72.2 cm³/mol. The highest BCUT2D eigenvalue weighted by atomic mass is 35.5. The van der Waals surface area contributed by atoms with Gasteiger partial charge in [0.15, 0.2) is 0 Å². The van der Waals surface area contributed by atoms with Crippen LogP contribution in [0.4, 0.5) is 0 Å². The van der Waals surface area contributed by atoms with Crippen molar-refractivity contribution in [3.63, 3.8) is 0 Å². The molecular weight excluding hydrogens is 240 g/mol. The van der Waals surface area contributed by atoms with E-state index in [-0.39, 0.29) is 0 Å². The van der Waals surface area contributed by atoms with Crippen molar-refractivity contribution in [3.05, 3.63) is 0 Å². The number of unbranched alkanes of at least 4 members (excludes halogenated alkanes) is 3. The first kappa shape index (κ1) is 16.4. The summed E-state index contributed by atoms with van der Waals surface area (Å²) in [6.45, 7) is 6.08. The van der Waals surface area contributed by atoms with Crippen LogP contribution >= 0.6 is 11.6 Å². The van der Waals surface area contributed by atoms with Crippen LogP contribution in [-0.2, 0) is 8.85 Å². The third-order valence-corrected chi connectivity index (χ3v) is 4.37. The molecule has 0 aromatic carbocycles. The molecule has 0 N–H and O–H groups in total. The van der Waals surface area contributed by atoms with Gasteiger partial charge in [-0.1, -0.05) is 33.1 Å². The van der Waals surface area contributed by atoms with E-state index in [1.165, 1.54) is 12.8 Å². The van der Waals surface area contributed by atoms with Crippen molar-refractivity contribution in [2.75, 3.05) is 19.1 Å². The Labute approximate surface area is 108 Å². The second kappa shape index (κ2) is 13.5. The highest BCUT2D eigenvalue weighted by Gasteiger charge is 2.14. The van der Waals surface area contributed by atoms with E-state index in [9.17, 15) is 0 Å². The zero-order chi connectivity index (χ0) is 12.1. The summed E-state index contributed by atoms with van der Waals surface area (Å²) in [5.74, 6) is 0.749. The highest BCUT2D eigenvalue weighted by molar-refractivity contribution is 6.44. The van der Waals surface area contributed by atoms with E-state index in [2.05, 4.69) is 13.8 Å². The Hall–Kier alpha value is 0.427. The van der Waals surface area contributed by atoms with E-state index in [4.69, 9.17) is 20.5 Å². The molecule has 0 fully saturated rings. The Morgan fingerprint density at radius 1 is 0.875 bits per heavy atom. The Morgan fingerprint density at radius 3 is 1.88 bits per heavy atom. The van der Waals surface area contributed by atoms with Gasteiger partial charge in [0.05, 0.1) is 0 Å². The van der Waals surface area contributed by atoms with Gasteiger partial charge in [-0.25, -0.2) is 0 Å². The van der Waals surface area contributed by atoms with Gasteiger partial charge in [0.1, 0.15) is 0 Å². The third-order valence-electron chi connectivity index (χ3n) is 2.29. The molecule has 0 atom stereocenters. The van der Waals surface area contributed by atoms with Gasteiger partial charge in [-0.3, -0.25) is 0 Å². The van der Waals surface area contributed by atoms with Gasteiger partial charge < -0.3 is 8.85 Å². The van der Waals surface area contributed by atoms with Crippen LogP contribution in [0.3, 0.4) is 0 Å². The van der Waals surface area contributed by atoms with E-state index >= 15 is 0 Å². The zero-order valence-electron chi connectivity index (χ0n) is 10.8. The maximum absolute atomic E-state index is 5.81. The summed E-state index contributed by atoms with van der Waals surface area (Å²) >= 11 is 5.67. The maximum Gasteiger partial charge on any atom is 0.384 e. The summed E-state index contributed by atoms with van der Waals surface area (Å²) in [6, 6.07) is 1.07. The average Bonchev–Trinajstić information content (AvgIpc) is 2.29. The van der Waals surface area contributed by atoms with E-state index in [1.807, 2.05) is 0 Å². The van der Waals surface area contributed by atoms with Crippen molar-refractivity contribution >= 4 is 20.9 Å². The van der Waals surface area contributed by atoms with Crippen LogP contribution in [0.1, 0.15) is 52.4 Å². The quantitative estimate of drug-likeness (QED) is 0.300. The molecule has 0 saturated heterocycles. The molecule has 2 nitrogen and oxygen atoms in total. The summed E-state index contributed by atoms with van der Waals surface area (Å²) in [6.07, 6.45) is 6.86. The Morgan fingerprint density at radius 2 is 1.44 bits per heavy atom. The standard InChI is InChI=1S/C12H26ClO2Si/c1-3-5-10-14-16(12-8-7-9-13)15-11-6-4-2/h3-12H2,1-2H3. The molecule has 0 rings (SSSR count). The lowest BCUT2D eigenvalue weighted by Crippen LogP contribution is -2.24. The third kappa shape index (κ3) is 10.9. The fourth-order valence-electron chi connectivity index (χ4n) is 1.21. The number of rotatable bonds is 12. The molecule has 1 radical (unpaired) electrons. The molecular formula is C12H26ClO2Si. The Bertz CT molecular complexity index is 112. The molecule has 0 spiro atoms. The number of hydrogen-bond acceptors (Lipinski definition) is 2. The predicted octanol–water partition coefficient (Wildman–Crippen LogP) is 4.13. The van der Waals surface area contributed by atoms with Gasteiger partial charge in [-0.15, -0.1) is 11.6 Å². The number of alkyl halides is 1. The van der Waals surface area contributed by atoms with Gasteiger partial charge in [-0.2, -0.15) is 0 Å². The van der Waals surface area contributed by atoms with E-state index in [0.717, 1.165) is 50.8 Å². The largest absolute Gasteiger partial charge is 0.393 e. The summed E-state index contributed by atoms with van der Waals surface area (Å²) in [5.41, 5.74) is 0. The van der Waals surface area contributed by atoms with E-state index in [0.29, 0.717) is 0 Å². The van der Waals surface area contributed by atoms with Crippen molar-refractivity contribution in [2.45, 2.75) is 58.4 Å². The number of halogens is 1. The van der Waals surface area contributed by atoms with Crippen molar-refractivity contribution in [1.82, 2.24) is 0 Å². The first-order valence-corrected chi connectivity index (χ1v) is 8.58. The summed E-state index contributed by atoms with van der Waals surface area (Å²) in [4.78, 5) is 0. The fraction of sp³-hybridized carbons (Fsp3) is 1.00.